The van der Waals surface area contributed by atoms with E-state index in [9.17, 15) is 13.2 Å². The highest BCUT2D eigenvalue weighted by Gasteiger charge is 2.30. The van der Waals surface area contributed by atoms with Crippen LogP contribution in [0.25, 0.3) is 0 Å². The maximum absolute atomic E-state index is 13.9. The first-order valence-electron chi connectivity index (χ1n) is 6.44. The van der Waals surface area contributed by atoms with E-state index in [2.05, 4.69) is 0 Å². The first-order valence-corrected chi connectivity index (χ1v) is 6.44. The van der Waals surface area contributed by atoms with E-state index in [4.69, 9.17) is 5.73 Å². The third-order valence-electron chi connectivity index (χ3n) is 3.58. The topological polar surface area (TPSA) is 26.0 Å². The van der Waals surface area contributed by atoms with Crippen molar-refractivity contribution in [3.63, 3.8) is 0 Å². The van der Waals surface area contributed by atoms with Gasteiger partial charge in [0.05, 0.1) is 0 Å². The molecule has 1 unspecified atom stereocenters. The lowest BCUT2D eigenvalue weighted by Gasteiger charge is -2.29. The van der Waals surface area contributed by atoms with Gasteiger partial charge in [-0.3, -0.25) is 0 Å². The third-order valence-corrected chi connectivity index (χ3v) is 3.58. The van der Waals surface area contributed by atoms with Crippen LogP contribution in [0.3, 0.4) is 0 Å². The van der Waals surface area contributed by atoms with Crippen molar-refractivity contribution in [1.82, 2.24) is 0 Å². The van der Waals surface area contributed by atoms with Crippen molar-refractivity contribution in [3.05, 3.63) is 71.0 Å². The monoisotopic (exact) mass is 279 g/mol. The third kappa shape index (κ3) is 2.70. The van der Waals surface area contributed by atoms with Crippen LogP contribution in [0.2, 0.25) is 0 Å². The summed E-state index contributed by atoms with van der Waals surface area (Å²) in [6.45, 7) is 1.80. The van der Waals surface area contributed by atoms with Crippen molar-refractivity contribution in [2.75, 3.05) is 0 Å². The first kappa shape index (κ1) is 14.6. The van der Waals surface area contributed by atoms with E-state index in [1.54, 1.807) is 25.1 Å². The van der Waals surface area contributed by atoms with Crippen LogP contribution in [0.15, 0.2) is 42.5 Å². The molecule has 2 aromatic rings. The van der Waals surface area contributed by atoms with E-state index in [-0.39, 0.29) is 12.0 Å². The zero-order chi connectivity index (χ0) is 14.8. The lowest BCUT2D eigenvalue weighted by Crippen LogP contribution is -2.39. The summed E-state index contributed by atoms with van der Waals surface area (Å²) in [6, 6.07) is 10.1. The highest BCUT2D eigenvalue weighted by Crippen LogP contribution is 2.29. The molecule has 0 aliphatic heterocycles. The largest absolute Gasteiger partial charge is 0.321 e. The first-order chi connectivity index (χ1) is 9.48. The molecule has 0 saturated carbocycles. The molecular weight excluding hydrogens is 263 g/mol. The van der Waals surface area contributed by atoms with Crippen molar-refractivity contribution < 1.29 is 13.2 Å². The maximum Gasteiger partial charge on any atom is 0.162 e. The Morgan fingerprint density at radius 3 is 2.25 bits per heavy atom. The van der Waals surface area contributed by atoms with Gasteiger partial charge >= 0.3 is 0 Å². The number of hydrogen-bond donors (Lipinski definition) is 1. The summed E-state index contributed by atoms with van der Waals surface area (Å²) in [6.07, 6.45) is 0.442. The smallest absolute Gasteiger partial charge is 0.162 e. The van der Waals surface area contributed by atoms with Crippen LogP contribution in [0.4, 0.5) is 13.2 Å². The Morgan fingerprint density at radius 1 is 0.950 bits per heavy atom. The normalized spacial score (nSPS) is 14.1. The summed E-state index contributed by atoms with van der Waals surface area (Å²) in [5.41, 5.74) is 5.63. The lowest BCUT2D eigenvalue weighted by atomic mass is 9.82. The van der Waals surface area contributed by atoms with Crippen LogP contribution in [0.1, 0.15) is 24.5 Å². The van der Waals surface area contributed by atoms with Crippen molar-refractivity contribution in [2.24, 2.45) is 5.73 Å². The molecule has 4 heteroatoms. The van der Waals surface area contributed by atoms with Gasteiger partial charge in [0.25, 0.3) is 0 Å². The Morgan fingerprint density at radius 2 is 1.60 bits per heavy atom. The van der Waals surface area contributed by atoms with Gasteiger partial charge in [0.2, 0.25) is 0 Å². The number of rotatable bonds is 4. The Bertz CT molecular complexity index is 612. The minimum Gasteiger partial charge on any atom is -0.321 e. The van der Waals surface area contributed by atoms with E-state index in [0.717, 1.165) is 6.07 Å². The summed E-state index contributed by atoms with van der Waals surface area (Å²) in [7, 11) is 0. The molecule has 0 heterocycles. The van der Waals surface area contributed by atoms with Gasteiger partial charge in [-0.15, -0.1) is 0 Å². The molecule has 0 amide bonds. The minimum absolute atomic E-state index is 0.0357. The van der Waals surface area contributed by atoms with Crippen molar-refractivity contribution >= 4 is 0 Å². The molecule has 0 aliphatic carbocycles. The SMILES string of the molecule is CCC(N)(Cc1cccc(F)c1F)c1ccccc1F. The average molecular weight is 279 g/mol. The summed E-state index contributed by atoms with van der Waals surface area (Å²) in [5, 5.41) is 0. The van der Waals surface area contributed by atoms with Crippen LogP contribution in [-0.4, -0.2) is 0 Å². The fourth-order valence-corrected chi connectivity index (χ4v) is 2.30. The van der Waals surface area contributed by atoms with Gasteiger partial charge in [0.15, 0.2) is 11.6 Å². The lowest BCUT2D eigenvalue weighted by molar-refractivity contribution is 0.391. The molecule has 2 aromatic carbocycles. The molecule has 2 N–H and O–H groups in total. The fraction of sp³-hybridized carbons (Fsp3) is 0.250. The summed E-state index contributed by atoms with van der Waals surface area (Å²) >= 11 is 0. The van der Waals surface area contributed by atoms with Crippen LogP contribution < -0.4 is 5.73 Å². The Balaban J connectivity index is 2.42. The molecule has 1 nitrogen and oxygen atoms in total. The second-order valence-electron chi connectivity index (χ2n) is 4.88. The van der Waals surface area contributed by atoms with Crippen LogP contribution in [-0.2, 0) is 12.0 Å². The van der Waals surface area contributed by atoms with Gasteiger partial charge in [-0.1, -0.05) is 37.3 Å². The van der Waals surface area contributed by atoms with Gasteiger partial charge in [-0.05, 0) is 30.5 Å². The minimum atomic E-state index is -1.07. The van der Waals surface area contributed by atoms with Crippen LogP contribution in [0, 0.1) is 17.5 Å². The predicted octanol–water partition coefficient (Wildman–Crippen LogP) is 3.91. The quantitative estimate of drug-likeness (QED) is 0.902. The van der Waals surface area contributed by atoms with Crippen LogP contribution in [0.5, 0.6) is 0 Å². The highest BCUT2D eigenvalue weighted by molar-refractivity contribution is 5.30. The van der Waals surface area contributed by atoms with Gasteiger partial charge in [0, 0.05) is 11.1 Å². The van der Waals surface area contributed by atoms with Gasteiger partial charge in [-0.25, -0.2) is 13.2 Å². The molecule has 0 fully saturated rings. The van der Waals surface area contributed by atoms with E-state index >= 15 is 0 Å². The van der Waals surface area contributed by atoms with Crippen LogP contribution >= 0.6 is 0 Å². The summed E-state index contributed by atoms with van der Waals surface area (Å²) in [5.74, 6) is -2.28. The molecule has 1 atom stereocenters. The van der Waals surface area contributed by atoms with Crippen molar-refractivity contribution in [1.29, 1.82) is 0 Å². The fourth-order valence-electron chi connectivity index (χ4n) is 2.30. The molecule has 0 aromatic heterocycles. The number of halogens is 3. The predicted molar refractivity (Wildman–Crippen MR) is 72.6 cm³/mol. The van der Waals surface area contributed by atoms with E-state index < -0.39 is 23.0 Å². The van der Waals surface area contributed by atoms with Crippen molar-refractivity contribution in [2.45, 2.75) is 25.3 Å². The molecule has 0 saturated heterocycles. The number of benzene rings is 2. The number of nitrogens with two attached hydrogens (primary N) is 1. The zero-order valence-corrected chi connectivity index (χ0v) is 11.2. The van der Waals surface area contributed by atoms with Gasteiger partial charge in [-0.2, -0.15) is 0 Å². The Kier molecular flexibility index (Phi) is 4.14. The average Bonchev–Trinajstić information content (AvgIpc) is 2.44. The standard InChI is InChI=1S/C16H16F3N/c1-2-16(20,12-7-3-4-8-13(12)17)10-11-6-5-9-14(18)15(11)19/h3-9H,2,10,20H2,1H3. The molecule has 0 aliphatic rings. The van der Waals surface area contributed by atoms with Gasteiger partial charge < -0.3 is 5.73 Å². The van der Waals surface area contributed by atoms with E-state index in [1.807, 2.05) is 0 Å². The summed E-state index contributed by atoms with van der Waals surface area (Å²) < 4.78 is 40.9. The maximum atomic E-state index is 13.9. The molecular formula is C16H16F3N. The Hall–Kier alpha value is -1.81. The molecule has 0 radical (unpaired) electrons. The molecule has 0 spiro atoms. The Labute approximate surface area is 116 Å². The number of hydrogen-bond acceptors (Lipinski definition) is 1. The summed E-state index contributed by atoms with van der Waals surface area (Å²) in [4.78, 5) is 0. The molecule has 106 valence electrons. The van der Waals surface area contributed by atoms with Gasteiger partial charge in [0.1, 0.15) is 5.82 Å². The molecule has 2 rings (SSSR count). The van der Waals surface area contributed by atoms with E-state index in [0.29, 0.717) is 12.0 Å². The van der Waals surface area contributed by atoms with E-state index in [1.165, 1.54) is 18.2 Å². The highest BCUT2D eigenvalue weighted by atomic mass is 19.2. The zero-order valence-electron chi connectivity index (χ0n) is 11.2. The van der Waals surface area contributed by atoms with Crippen molar-refractivity contribution in [3.8, 4) is 0 Å². The molecule has 20 heavy (non-hydrogen) atoms. The second-order valence-corrected chi connectivity index (χ2v) is 4.88. The molecule has 0 bridgehead atoms. The second kappa shape index (κ2) is 5.67.